The summed E-state index contributed by atoms with van der Waals surface area (Å²) in [5, 5.41) is 13.9. The molecule has 2 aromatic carbocycles. The number of anilines is 1. The van der Waals surface area contributed by atoms with Crippen molar-refractivity contribution in [3.05, 3.63) is 70.2 Å². The number of carbonyl (C=O) groups is 2. The summed E-state index contributed by atoms with van der Waals surface area (Å²) in [5.41, 5.74) is 2.46. The van der Waals surface area contributed by atoms with Gasteiger partial charge < -0.3 is 10.6 Å². The van der Waals surface area contributed by atoms with Crippen LogP contribution in [0.25, 0.3) is 6.08 Å². The standard InChI is InChI=1S/C19H16BrN3O2/c20-16-6-1-14(2-7-16)5-10-18(24)22-13-15-3-8-17(9-4-15)23-19(25)11-12-21/h1-10H,11,13H2,(H,22,24)(H,23,25)/b10-5+. The van der Waals surface area contributed by atoms with Crippen molar-refractivity contribution >= 4 is 39.5 Å². The molecule has 2 aromatic rings. The predicted molar refractivity (Wildman–Crippen MR) is 100 cm³/mol. The quantitative estimate of drug-likeness (QED) is 0.730. The Balaban J connectivity index is 1.82. The Morgan fingerprint density at radius 3 is 2.40 bits per heavy atom. The maximum absolute atomic E-state index is 11.8. The molecule has 0 unspecified atom stereocenters. The molecule has 126 valence electrons. The van der Waals surface area contributed by atoms with Gasteiger partial charge in [0, 0.05) is 22.8 Å². The Labute approximate surface area is 154 Å². The molecule has 0 aliphatic heterocycles. The van der Waals surface area contributed by atoms with Crippen molar-refractivity contribution in [2.24, 2.45) is 0 Å². The molecule has 0 heterocycles. The van der Waals surface area contributed by atoms with Crippen LogP contribution in [0, 0.1) is 11.3 Å². The highest BCUT2D eigenvalue weighted by Gasteiger charge is 2.02. The minimum absolute atomic E-state index is 0.178. The number of carbonyl (C=O) groups excluding carboxylic acids is 2. The van der Waals surface area contributed by atoms with E-state index in [9.17, 15) is 9.59 Å². The second-order valence-corrected chi connectivity index (χ2v) is 6.10. The van der Waals surface area contributed by atoms with Gasteiger partial charge in [0.25, 0.3) is 0 Å². The summed E-state index contributed by atoms with van der Waals surface area (Å²) in [6.45, 7) is 0.385. The lowest BCUT2D eigenvalue weighted by Gasteiger charge is -2.06. The van der Waals surface area contributed by atoms with Crippen LogP contribution in [-0.4, -0.2) is 11.8 Å². The second kappa shape index (κ2) is 9.40. The molecule has 6 heteroatoms. The number of hydrogen-bond acceptors (Lipinski definition) is 3. The van der Waals surface area contributed by atoms with E-state index in [4.69, 9.17) is 5.26 Å². The Hall–Kier alpha value is -2.91. The zero-order valence-electron chi connectivity index (χ0n) is 13.3. The number of hydrogen-bond donors (Lipinski definition) is 2. The molecule has 0 spiro atoms. The normalized spacial score (nSPS) is 10.2. The van der Waals surface area contributed by atoms with Crippen LogP contribution in [0.4, 0.5) is 5.69 Å². The van der Waals surface area contributed by atoms with Gasteiger partial charge in [0.15, 0.2) is 0 Å². The first-order valence-corrected chi connectivity index (χ1v) is 8.33. The maximum atomic E-state index is 11.8. The number of amides is 2. The lowest BCUT2D eigenvalue weighted by molar-refractivity contribution is -0.117. The van der Waals surface area contributed by atoms with E-state index in [0.717, 1.165) is 15.6 Å². The minimum Gasteiger partial charge on any atom is -0.348 e. The first kappa shape index (κ1) is 18.4. The van der Waals surface area contributed by atoms with Crippen molar-refractivity contribution in [1.29, 1.82) is 5.26 Å². The molecule has 0 aromatic heterocycles. The van der Waals surface area contributed by atoms with Crippen LogP contribution in [0.1, 0.15) is 17.5 Å². The first-order chi connectivity index (χ1) is 12.1. The van der Waals surface area contributed by atoms with E-state index in [2.05, 4.69) is 26.6 Å². The number of nitrogens with one attached hydrogen (secondary N) is 2. The Morgan fingerprint density at radius 2 is 1.76 bits per heavy atom. The van der Waals surface area contributed by atoms with Crippen LogP contribution < -0.4 is 10.6 Å². The third-order valence-electron chi connectivity index (χ3n) is 3.24. The summed E-state index contributed by atoms with van der Waals surface area (Å²) in [6.07, 6.45) is 3.05. The lowest BCUT2D eigenvalue weighted by atomic mass is 10.2. The summed E-state index contributed by atoms with van der Waals surface area (Å²) in [7, 11) is 0. The summed E-state index contributed by atoms with van der Waals surface area (Å²) in [6, 6.07) is 16.5. The van der Waals surface area contributed by atoms with Gasteiger partial charge in [-0.2, -0.15) is 5.26 Å². The average molecular weight is 398 g/mol. The van der Waals surface area contributed by atoms with Crippen molar-refractivity contribution in [3.63, 3.8) is 0 Å². The van der Waals surface area contributed by atoms with Crippen LogP contribution in [0.5, 0.6) is 0 Å². The molecule has 2 amide bonds. The van der Waals surface area contributed by atoms with Gasteiger partial charge in [-0.25, -0.2) is 0 Å². The lowest BCUT2D eigenvalue weighted by Crippen LogP contribution is -2.20. The van der Waals surface area contributed by atoms with E-state index in [1.807, 2.05) is 24.3 Å². The van der Waals surface area contributed by atoms with Gasteiger partial charge in [0.1, 0.15) is 6.42 Å². The number of rotatable bonds is 6. The van der Waals surface area contributed by atoms with Crippen LogP contribution in [0.15, 0.2) is 59.1 Å². The third kappa shape index (κ3) is 6.61. The smallest absolute Gasteiger partial charge is 0.244 e. The maximum Gasteiger partial charge on any atom is 0.244 e. The van der Waals surface area contributed by atoms with Gasteiger partial charge in [-0.05, 0) is 41.5 Å². The van der Waals surface area contributed by atoms with Crippen molar-refractivity contribution in [2.75, 3.05) is 5.32 Å². The van der Waals surface area contributed by atoms with Gasteiger partial charge in [-0.3, -0.25) is 9.59 Å². The fraction of sp³-hybridized carbons (Fsp3) is 0.105. The van der Waals surface area contributed by atoms with Gasteiger partial charge in [0.05, 0.1) is 6.07 Å². The van der Waals surface area contributed by atoms with Gasteiger partial charge in [0.2, 0.25) is 11.8 Å². The third-order valence-corrected chi connectivity index (χ3v) is 3.77. The molecule has 0 atom stereocenters. The van der Waals surface area contributed by atoms with Crippen LogP contribution >= 0.6 is 15.9 Å². The summed E-state index contributed by atoms with van der Waals surface area (Å²) in [5.74, 6) is -0.532. The van der Waals surface area contributed by atoms with Gasteiger partial charge in [-0.15, -0.1) is 0 Å². The topological polar surface area (TPSA) is 82.0 Å². The minimum atomic E-state index is -0.346. The number of halogens is 1. The number of nitrogens with zero attached hydrogens (tertiary/aromatic N) is 1. The van der Waals surface area contributed by atoms with Crippen LogP contribution in [-0.2, 0) is 16.1 Å². The molecule has 0 saturated heterocycles. The Bertz CT molecular complexity index is 806. The molecule has 2 rings (SSSR count). The molecule has 0 radical (unpaired) electrons. The van der Waals surface area contributed by atoms with E-state index in [1.54, 1.807) is 36.4 Å². The zero-order chi connectivity index (χ0) is 18.1. The second-order valence-electron chi connectivity index (χ2n) is 5.18. The molecule has 0 bridgehead atoms. The highest BCUT2D eigenvalue weighted by molar-refractivity contribution is 9.10. The van der Waals surface area contributed by atoms with E-state index in [0.29, 0.717) is 12.2 Å². The molecule has 0 saturated carbocycles. The molecular formula is C19H16BrN3O2. The molecular weight excluding hydrogens is 382 g/mol. The zero-order valence-corrected chi connectivity index (χ0v) is 14.9. The number of nitriles is 1. The van der Waals surface area contributed by atoms with Crippen molar-refractivity contribution < 1.29 is 9.59 Å². The van der Waals surface area contributed by atoms with E-state index in [1.165, 1.54) is 6.08 Å². The molecule has 2 N–H and O–H groups in total. The number of benzene rings is 2. The van der Waals surface area contributed by atoms with Crippen LogP contribution in [0.2, 0.25) is 0 Å². The highest BCUT2D eigenvalue weighted by Crippen LogP contribution is 2.12. The molecule has 5 nitrogen and oxygen atoms in total. The monoisotopic (exact) mass is 397 g/mol. The van der Waals surface area contributed by atoms with Gasteiger partial charge >= 0.3 is 0 Å². The molecule has 0 aliphatic rings. The molecule has 25 heavy (non-hydrogen) atoms. The Morgan fingerprint density at radius 1 is 1.08 bits per heavy atom. The SMILES string of the molecule is N#CCC(=O)Nc1ccc(CNC(=O)/C=C/c2ccc(Br)cc2)cc1. The van der Waals surface area contributed by atoms with Crippen LogP contribution in [0.3, 0.4) is 0 Å². The fourth-order valence-corrected chi connectivity index (χ4v) is 2.24. The van der Waals surface area contributed by atoms with E-state index < -0.39 is 0 Å². The summed E-state index contributed by atoms with van der Waals surface area (Å²) in [4.78, 5) is 23.2. The van der Waals surface area contributed by atoms with Crippen molar-refractivity contribution in [2.45, 2.75) is 13.0 Å². The first-order valence-electron chi connectivity index (χ1n) is 7.54. The van der Waals surface area contributed by atoms with E-state index >= 15 is 0 Å². The highest BCUT2D eigenvalue weighted by atomic mass is 79.9. The Kier molecular flexibility index (Phi) is 6.93. The molecule has 0 aliphatic carbocycles. The summed E-state index contributed by atoms with van der Waals surface area (Å²) >= 11 is 3.36. The molecule has 0 fully saturated rings. The fourth-order valence-electron chi connectivity index (χ4n) is 1.98. The summed E-state index contributed by atoms with van der Waals surface area (Å²) < 4.78 is 0.987. The van der Waals surface area contributed by atoms with Crippen molar-refractivity contribution in [3.8, 4) is 6.07 Å². The van der Waals surface area contributed by atoms with E-state index in [-0.39, 0.29) is 18.2 Å². The van der Waals surface area contributed by atoms with Gasteiger partial charge in [-0.1, -0.05) is 40.2 Å². The van der Waals surface area contributed by atoms with Crippen molar-refractivity contribution in [1.82, 2.24) is 5.32 Å². The largest absolute Gasteiger partial charge is 0.348 e. The average Bonchev–Trinajstić information content (AvgIpc) is 2.61. The predicted octanol–water partition coefficient (Wildman–Crippen LogP) is 3.63.